The predicted octanol–water partition coefficient (Wildman–Crippen LogP) is 1.78. The molecule has 0 aliphatic carbocycles. The predicted molar refractivity (Wildman–Crippen MR) is 133 cm³/mol. The van der Waals surface area contributed by atoms with Gasteiger partial charge in [-0.3, -0.25) is 14.4 Å². The van der Waals surface area contributed by atoms with Crippen LogP contribution >= 0.6 is 0 Å². The van der Waals surface area contributed by atoms with Crippen molar-refractivity contribution in [2.75, 3.05) is 45.9 Å². The maximum absolute atomic E-state index is 13.2. The van der Waals surface area contributed by atoms with E-state index in [1.807, 2.05) is 4.90 Å². The Morgan fingerprint density at radius 1 is 1.03 bits per heavy atom. The van der Waals surface area contributed by atoms with Gasteiger partial charge in [0.2, 0.25) is 17.6 Å². The van der Waals surface area contributed by atoms with Crippen molar-refractivity contribution in [3.8, 4) is 17.2 Å². The Morgan fingerprint density at radius 3 is 2.43 bits per heavy atom. The van der Waals surface area contributed by atoms with E-state index in [1.165, 1.54) is 33.5 Å². The Kier molecular flexibility index (Phi) is 6.87. The summed E-state index contributed by atoms with van der Waals surface area (Å²) in [6.45, 7) is 2.01. The van der Waals surface area contributed by atoms with Crippen LogP contribution in [0.5, 0.6) is 17.2 Å². The minimum Gasteiger partial charge on any atom is -0.493 e. The van der Waals surface area contributed by atoms with E-state index in [4.69, 9.17) is 14.2 Å². The van der Waals surface area contributed by atoms with E-state index in [2.05, 4.69) is 10.2 Å². The van der Waals surface area contributed by atoms with Crippen molar-refractivity contribution >= 4 is 29.4 Å². The third kappa shape index (κ3) is 4.55. The monoisotopic (exact) mass is 514 g/mol. The second-order valence-corrected chi connectivity index (χ2v) is 10.3. The lowest BCUT2D eigenvalue weighted by molar-refractivity contribution is -0.148. The highest BCUT2D eigenvalue weighted by Gasteiger charge is 2.45. The Balaban J connectivity index is 1.22. The molecular formula is C26H34N4O7. The third-order valence-electron chi connectivity index (χ3n) is 8.11. The number of likely N-dealkylation sites (tertiary alicyclic amines) is 1. The number of carbonyl (C=O) groups is 4. The number of nitrogens with zero attached hydrogens (tertiary/aromatic N) is 3. The van der Waals surface area contributed by atoms with Crippen LogP contribution in [0.25, 0.3) is 0 Å². The molecule has 0 radical (unpaired) electrons. The van der Waals surface area contributed by atoms with Crippen molar-refractivity contribution in [2.24, 2.45) is 11.8 Å². The fourth-order valence-electron chi connectivity index (χ4n) is 6.41. The lowest BCUT2D eigenvalue weighted by atomic mass is 9.76. The number of nitrogens with one attached hydrogen (secondary N) is 1. The molecule has 1 aromatic rings. The Hall–Kier alpha value is -3.50. The van der Waals surface area contributed by atoms with Gasteiger partial charge >= 0.3 is 6.03 Å². The summed E-state index contributed by atoms with van der Waals surface area (Å²) in [6.07, 6.45) is 3.98. The summed E-state index contributed by atoms with van der Waals surface area (Å²) in [5.41, 5.74) is 0.293. The zero-order valence-corrected chi connectivity index (χ0v) is 21.5. The number of urea groups is 1. The fraction of sp³-hybridized carbons (Fsp3) is 0.615. The van der Waals surface area contributed by atoms with Gasteiger partial charge in [0, 0.05) is 50.7 Å². The number of hydrogen-bond donors (Lipinski definition) is 1. The number of rotatable bonds is 7. The summed E-state index contributed by atoms with van der Waals surface area (Å²) in [5.74, 6) is 1.41. The molecule has 0 saturated carbocycles. The second kappa shape index (κ2) is 10.1. The molecule has 0 unspecified atom stereocenters. The summed E-state index contributed by atoms with van der Waals surface area (Å²) in [6, 6.07) is 1.95. The Bertz CT molecular complexity index is 1080. The fourth-order valence-corrected chi connectivity index (χ4v) is 6.41. The molecule has 4 atom stereocenters. The third-order valence-corrected chi connectivity index (χ3v) is 8.11. The van der Waals surface area contributed by atoms with Gasteiger partial charge in [-0.1, -0.05) is 0 Å². The molecule has 2 bridgehead atoms. The van der Waals surface area contributed by atoms with Gasteiger partial charge in [-0.15, -0.1) is 0 Å². The number of carbonyl (C=O) groups excluding carboxylic acids is 4. The largest absolute Gasteiger partial charge is 0.493 e. The number of piperidine rings is 3. The van der Waals surface area contributed by atoms with Gasteiger partial charge in [-0.2, -0.15) is 0 Å². The first-order valence-corrected chi connectivity index (χ1v) is 12.9. The minimum absolute atomic E-state index is 0.0152. The number of amides is 5. The smallest absolute Gasteiger partial charge is 0.329 e. The van der Waals surface area contributed by atoms with Gasteiger partial charge in [-0.05, 0) is 37.5 Å². The standard InChI is InChI=1S/C26H34N4O7/c1-35-20-10-17(11-21(36-2)24(20)37-3)30-25(33)18(27-26(30)34)7-8-22(31)28-12-15-9-16(14-28)19-5-4-6-23(32)29(19)13-15/h10-11,15-16,18-19H,4-9,12-14H2,1-3H3,(H,27,34)/t15-,16+,18+,19+/m1/s1. The highest BCUT2D eigenvalue weighted by Crippen LogP contribution is 2.42. The SMILES string of the molecule is COc1cc(N2C(=O)N[C@@H](CCC(=O)N3C[C@H]4C[C@@H](C3)[C@@H]3CCCC(=O)N3C4)C2=O)cc(OC)c1OC. The average molecular weight is 515 g/mol. The normalized spacial score (nSPS) is 27.1. The number of hydrogen-bond acceptors (Lipinski definition) is 7. The Labute approximate surface area is 216 Å². The molecule has 1 N–H and O–H groups in total. The number of fused-ring (bicyclic) bond motifs is 4. The van der Waals surface area contributed by atoms with Crippen LogP contribution in [-0.4, -0.2) is 86.6 Å². The van der Waals surface area contributed by atoms with Crippen molar-refractivity contribution in [1.82, 2.24) is 15.1 Å². The molecule has 5 rings (SSSR count). The first-order valence-electron chi connectivity index (χ1n) is 12.9. The van der Waals surface area contributed by atoms with Crippen LogP contribution in [0.1, 0.15) is 38.5 Å². The van der Waals surface area contributed by atoms with Gasteiger partial charge < -0.3 is 29.3 Å². The quantitative estimate of drug-likeness (QED) is 0.551. The van der Waals surface area contributed by atoms with Gasteiger partial charge in [0.25, 0.3) is 5.91 Å². The molecule has 0 spiro atoms. The molecule has 4 fully saturated rings. The first kappa shape index (κ1) is 25.2. The van der Waals surface area contributed by atoms with E-state index in [-0.39, 0.29) is 30.7 Å². The van der Waals surface area contributed by atoms with Gasteiger partial charge in [0.05, 0.1) is 27.0 Å². The summed E-state index contributed by atoms with van der Waals surface area (Å²) in [5, 5.41) is 2.71. The zero-order chi connectivity index (χ0) is 26.3. The maximum atomic E-state index is 13.2. The van der Waals surface area contributed by atoms with Crippen LogP contribution in [-0.2, 0) is 14.4 Å². The number of imide groups is 1. The van der Waals surface area contributed by atoms with E-state index >= 15 is 0 Å². The van der Waals surface area contributed by atoms with E-state index in [1.54, 1.807) is 0 Å². The molecule has 4 heterocycles. The maximum Gasteiger partial charge on any atom is 0.329 e. The van der Waals surface area contributed by atoms with E-state index in [0.717, 1.165) is 30.7 Å². The van der Waals surface area contributed by atoms with Crippen molar-refractivity contribution in [3.05, 3.63) is 12.1 Å². The first-order chi connectivity index (χ1) is 17.8. The van der Waals surface area contributed by atoms with Crippen LogP contribution in [0.3, 0.4) is 0 Å². The van der Waals surface area contributed by atoms with Gasteiger partial charge in [0.15, 0.2) is 11.5 Å². The molecule has 1 aromatic carbocycles. The van der Waals surface area contributed by atoms with Crippen molar-refractivity contribution in [3.63, 3.8) is 0 Å². The molecule has 37 heavy (non-hydrogen) atoms. The molecule has 11 nitrogen and oxygen atoms in total. The number of methoxy groups -OCH3 is 3. The van der Waals surface area contributed by atoms with Crippen molar-refractivity contribution in [2.45, 2.75) is 50.6 Å². The van der Waals surface area contributed by atoms with Crippen LogP contribution in [0.15, 0.2) is 12.1 Å². The molecule has 4 saturated heterocycles. The van der Waals surface area contributed by atoms with Crippen LogP contribution in [0, 0.1) is 11.8 Å². The van der Waals surface area contributed by atoms with Crippen molar-refractivity contribution in [1.29, 1.82) is 0 Å². The van der Waals surface area contributed by atoms with Gasteiger partial charge in [0.1, 0.15) is 6.04 Å². The average Bonchev–Trinajstić information content (AvgIpc) is 3.19. The number of benzene rings is 1. The van der Waals surface area contributed by atoms with Crippen LogP contribution in [0.4, 0.5) is 10.5 Å². The zero-order valence-electron chi connectivity index (χ0n) is 21.5. The molecular weight excluding hydrogens is 480 g/mol. The highest BCUT2D eigenvalue weighted by molar-refractivity contribution is 6.21. The van der Waals surface area contributed by atoms with E-state index < -0.39 is 18.0 Å². The van der Waals surface area contributed by atoms with Crippen LogP contribution < -0.4 is 24.4 Å². The molecule has 4 aliphatic rings. The summed E-state index contributed by atoms with van der Waals surface area (Å²) in [7, 11) is 4.39. The molecule has 4 aliphatic heterocycles. The summed E-state index contributed by atoms with van der Waals surface area (Å²) >= 11 is 0. The molecule has 0 aromatic heterocycles. The molecule has 11 heteroatoms. The van der Waals surface area contributed by atoms with Crippen molar-refractivity contribution < 1.29 is 33.4 Å². The summed E-state index contributed by atoms with van der Waals surface area (Å²) in [4.78, 5) is 56.4. The Morgan fingerprint density at radius 2 is 1.76 bits per heavy atom. The van der Waals surface area contributed by atoms with Gasteiger partial charge in [-0.25, -0.2) is 9.69 Å². The highest BCUT2D eigenvalue weighted by atomic mass is 16.5. The van der Waals surface area contributed by atoms with Crippen LogP contribution in [0.2, 0.25) is 0 Å². The number of ether oxygens (including phenoxy) is 3. The minimum atomic E-state index is -0.800. The van der Waals surface area contributed by atoms with E-state index in [9.17, 15) is 19.2 Å². The lowest BCUT2D eigenvalue weighted by Crippen LogP contribution is -2.61. The molecule has 200 valence electrons. The molecule has 5 amide bonds. The second-order valence-electron chi connectivity index (χ2n) is 10.3. The topological polar surface area (TPSA) is 118 Å². The number of anilines is 1. The summed E-state index contributed by atoms with van der Waals surface area (Å²) < 4.78 is 16.0. The lowest BCUT2D eigenvalue weighted by Gasteiger charge is -2.52. The van der Waals surface area contributed by atoms with E-state index in [0.29, 0.717) is 54.3 Å².